The lowest BCUT2D eigenvalue weighted by molar-refractivity contribution is -0.385. The van der Waals surface area contributed by atoms with Gasteiger partial charge in [0.15, 0.2) is 11.0 Å². The van der Waals surface area contributed by atoms with Crippen LogP contribution >= 0.6 is 11.8 Å². The highest BCUT2D eigenvalue weighted by molar-refractivity contribution is 8.14. The van der Waals surface area contributed by atoms with Gasteiger partial charge in [-0.1, -0.05) is 11.8 Å². The summed E-state index contributed by atoms with van der Waals surface area (Å²) in [7, 11) is 3.72. The summed E-state index contributed by atoms with van der Waals surface area (Å²) >= 11 is 1.42. The third-order valence-electron chi connectivity index (χ3n) is 3.77. The van der Waals surface area contributed by atoms with Crippen molar-refractivity contribution < 1.29 is 9.85 Å². The molecule has 0 saturated heterocycles. The number of hydrogen-bond acceptors (Lipinski definition) is 8. The van der Waals surface area contributed by atoms with Crippen LogP contribution in [0.25, 0.3) is 0 Å². The predicted molar refractivity (Wildman–Crippen MR) is 104 cm³/mol. The van der Waals surface area contributed by atoms with E-state index in [1.165, 1.54) is 36.0 Å². The molecule has 0 fully saturated rings. The van der Waals surface area contributed by atoms with Gasteiger partial charge in [0.2, 0.25) is 0 Å². The molecule has 2 aromatic carbocycles. The summed E-state index contributed by atoms with van der Waals surface area (Å²) in [4.78, 5) is 31.8. The summed E-state index contributed by atoms with van der Waals surface area (Å²) < 4.78 is 0. The maximum atomic E-state index is 10.8. The average Bonchev–Trinajstić information content (AvgIpc) is 2.67. The minimum absolute atomic E-state index is 0.00624. The minimum atomic E-state index is -0.462. The molecule has 1 heterocycles. The van der Waals surface area contributed by atoms with Crippen LogP contribution in [-0.4, -0.2) is 39.8 Å². The molecule has 2 aromatic rings. The Hall–Kier alpha value is -3.27. The van der Waals surface area contributed by atoms with E-state index in [2.05, 4.69) is 9.98 Å². The van der Waals surface area contributed by atoms with Gasteiger partial charge < -0.3 is 4.90 Å². The molecule has 9 nitrogen and oxygen atoms in total. The van der Waals surface area contributed by atoms with Gasteiger partial charge in [-0.3, -0.25) is 20.2 Å². The van der Waals surface area contributed by atoms with E-state index in [9.17, 15) is 20.2 Å². The van der Waals surface area contributed by atoms with Crippen LogP contribution in [0.4, 0.5) is 11.4 Å². The Balaban J connectivity index is 1.97. The van der Waals surface area contributed by atoms with Crippen LogP contribution in [0.3, 0.4) is 0 Å². The lowest BCUT2D eigenvalue weighted by Gasteiger charge is -2.24. The number of nitro benzene ring substituents is 2. The highest BCUT2D eigenvalue weighted by atomic mass is 32.2. The van der Waals surface area contributed by atoms with Gasteiger partial charge in [-0.15, -0.1) is 0 Å². The van der Waals surface area contributed by atoms with Crippen molar-refractivity contribution in [2.45, 2.75) is 5.37 Å². The standard InChI is InChI=1S/C17H15N5O4S/c1-20(2)17-19-15(11-3-7-13(8-4-11)21(23)24)18-16(27-17)12-5-9-14(10-6-12)22(25)26/h3-10,16H,1-2H3/t16-/m0/s1. The third-order valence-corrected chi connectivity index (χ3v) is 5.03. The van der Waals surface area contributed by atoms with E-state index >= 15 is 0 Å². The minimum Gasteiger partial charge on any atom is -0.357 e. The van der Waals surface area contributed by atoms with Crippen molar-refractivity contribution in [3.63, 3.8) is 0 Å². The normalized spacial score (nSPS) is 16.3. The van der Waals surface area contributed by atoms with Gasteiger partial charge in [0, 0.05) is 43.9 Å². The average molecular weight is 385 g/mol. The van der Waals surface area contributed by atoms with Gasteiger partial charge in [0.25, 0.3) is 11.4 Å². The van der Waals surface area contributed by atoms with Crippen LogP contribution in [-0.2, 0) is 0 Å². The molecule has 0 amide bonds. The van der Waals surface area contributed by atoms with Crippen molar-refractivity contribution in [3.05, 3.63) is 79.9 Å². The Kier molecular flexibility index (Phi) is 5.17. The number of benzene rings is 2. The molecule has 1 atom stereocenters. The summed E-state index contributed by atoms with van der Waals surface area (Å²) in [5.41, 5.74) is 1.47. The summed E-state index contributed by atoms with van der Waals surface area (Å²) in [6.45, 7) is 0. The van der Waals surface area contributed by atoms with Gasteiger partial charge in [-0.2, -0.15) is 0 Å². The van der Waals surface area contributed by atoms with E-state index in [1.54, 1.807) is 24.3 Å². The van der Waals surface area contributed by atoms with Crippen LogP contribution in [0.1, 0.15) is 16.5 Å². The Morgan fingerprint density at radius 3 is 1.93 bits per heavy atom. The number of hydrogen-bond donors (Lipinski definition) is 0. The zero-order valence-corrected chi connectivity index (χ0v) is 15.3. The fourth-order valence-corrected chi connectivity index (χ4v) is 3.36. The Bertz CT molecular complexity index is 939. The molecular formula is C17H15N5O4S. The molecule has 0 radical (unpaired) electrons. The molecule has 138 valence electrons. The maximum Gasteiger partial charge on any atom is 0.269 e. The molecule has 0 bridgehead atoms. The Morgan fingerprint density at radius 2 is 1.44 bits per heavy atom. The van der Waals surface area contributed by atoms with Gasteiger partial charge >= 0.3 is 0 Å². The molecule has 0 aliphatic carbocycles. The van der Waals surface area contributed by atoms with Crippen molar-refractivity contribution >= 4 is 34.1 Å². The second kappa shape index (κ2) is 7.54. The van der Waals surface area contributed by atoms with Crippen LogP contribution in [0, 0.1) is 20.2 Å². The highest BCUT2D eigenvalue weighted by Crippen LogP contribution is 2.36. The number of nitrogens with zero attached hydrogens (tertiary/aromatic N) is 5. The first-order valence-corrected chi connectivity index (χ1v) is 8.73. The van der Waals surface area contributed by atoms with E-state index in [0.717, 1.165) is 10.7 Å². The van der Waals surface area contributed by atoms with Crippen LogP contribution < -0.4 is 0 Å². The van der Waals surface area contributed by atoms with Gasteiger partial charge in [-0.05, 0) is 29.8 Å². The molecular weight excluding hydrogens is 370 g/mol. The van der Waals surface area contributed by atoms with Gasteiger partial charge in [0.1, 0.15) is 5.37 Å². The number of rotatable bonds is 4. The number of aliphatic imine (C=N–C) groups is 2. The first-order chi connectivity index (χ1) is 12.8. The van der Waals surface area contributed by atoms with Crippen LogP contribution in [0.15, 0.2) is 58.5 Å². The summed E-state index contributed by atoms with van der Waals surface area (Å²) in [5, 5.41) is 22.1. The second-order valence-corrected chi connectivity index (χ2v) is 6.91. The van der Waals surface area contributed by atoms with Crippen LogP contribution in [0.2, 0.25) is 0 Å². The van der Waals surface area contributed by atoms with E-state index in [0.29, 0.717) is 11.4 Å². The van der Waals surface area contributed by atoms with Gasteiger partial charge in [0.05, 0.1) is 9.85 Å². The molecule has 0 N–H and O–H groups in total. The molecule has 0 spiro atoms. The number of thioether (sulfide) groups is 1. The maximum absolute atomic E-state index is 10.8. The fraction of sp³-hybridized carbons (Fsp3) is 0.176. The van der Waals surface area contributed by atoms with Crippen molar-refractivity contribution in [1.29, 1.82) is 0 Å². The molecule has 1 aliphatic rings. The highest BCUT2D eigenvalue weighted by Gasteiger charge is 2.23. The third kappa shape index (κ3) is 4.11. The van der Waals surface area contributed by atoms with E-state index in [-0.39, 0.29) is 16.7 Å². The first kappa shape index (κ1) is 18.5. The van der Waals surface area contributed by atoms with Gasteiger partial charge in [-0.25, -0.2) is 9.98 Å². The zero-order valence-electron chi connectivity index (χ0n) is 14.5. The number of non-ortho nitro benzene ring substituents is 2. The van der Waals surface area contributed by atoms with E-state index < -0.39 is 9.85 Å². The number of nitro groups is 2. The quantitative estimate of drug-likeness (QED) is 0.586. The summed E-state index contributed by atoms with van der Waals surface area (Å²) in [5.74, 6) is 0.454. The zero-order chi connectivity index (χ0) is 19.6. The Labute approximate surface area is 158 Å². The molecule has 27 heavy (non-hydrogen) atoms. The summed E-state index contributed by atoms with van der Waals surface area (Å²) in [6, 6.07) is 12.3. The van der Waals surface area contributed by atoms with E-state index in [4.69, 9.17) is 0 Å². The lowest BCUT2D eigenvalue weighted by Crippen LogP contribution is -2.24. The largest absolute Gasteiger partial charge is 0.357 e. The monoisotopic (exact) mass is 385 g/mol. The molecule has 0 unspecified atom stereocenters. The van der Waals surface area contributed by atoms with Crippen molar-refractivity contribution in [1.82, 2.24) is 4.90 Å². The summed E-state index contributed by atoms with van der Waals surface area (Å²) in [6.07, 6.45) is 0. The van der Waals surface area contributed by atoms with Crippen LogP contribution in [0.5, 0.6) is 0 Å². The predicted octanol–water partition coefficient (Wildman–Crippen LogP) is 3.61. The van der Waals surface area contributed by atoms with E-state index in [1.807, 2.05) is 19.0 Å². The second-order valence-electron chi connectivity index (χ2n) is 5.86. The smallest absolute Gasteiger partial charge is 0.269 e. The molecule has 0 aromatic heterocycles. The fourth-order valence-electron chi connectivity index (χ4n) is 2.36. The molecule has 10 heteroatoms. The molecule has 0 saturated carbocycles. The van der Waals surface area contributed by atoms with Crippen molar-refractivity contribution in [2.24, 2.45) is 9.98 Å². The lowest BCUT2D eigenvalue weighted by atomic mass is 10.1. The Morgan fingerprint density at radius 1 is 0.926 bits per heavy atom. The molecule has 3 rings (SSSR count). The first-order valence-electron chi connectivity index (χ1n) is 7.85. The molecule has 1 aliphatic heterocycles. The van der Waals surface area contributed by atoms with Crippen molar-refractivity contribution in [3.8, 4) is 0 Å². The topological polar surface area (TPSA) is 114 Å². The number of amidine groups is 2. The SMILES string of the molecule is CN(C)C1=NC(c2ccc([N+](=O)[O-])cc2)=N[C@H](c2ccc([N+](=O)[O-])cc2)S1. The van der Waals surface area contributed by atoms with Crippen molar-refractivity contribution in [2.75, 3.05) is 14.1 Å².